The van der Waals surface area contributed by atoms with E-state index in [2.05, 4.69) is 5.32 Å². The molecule has 1 saturated heterocycles. The van der Waals surface area contributed by atoms with Gasteiger partial charge < -0.3 is 19.5 Å². The third kappa shape index (κ3) is 4.58. The number of halogens is 4. The van der Waals surface area contributed by atoms with Crippen LogP contribution in [0.4, 0.5) is 22.4 Å². The van der Waals surface area contributed by atoms with Gasteiger partial charge in [-0.25, -0.2) is 9.18 Å². The fourth-order valence-electron chi connectivity index (χ4n) is 3.60. The molecule has 2 aromatic rings. The van der Waals surface area contributed by atoms with E-state index in [4.69, 9.17) is 14.2 Å². The Morgan fingerprint density at radius 3 is 2.19 bits per heavy atom. The highest BCUT2D eigenvalue weighted by Crippen LogP contribution is 2.44. The second-order valence-electron chi connectivity index (χ2n) is 7.32. The number of rotatable bonds is 5. The van der Waals surface area contributed by atoms with Gasteiger partial charge in [0.2, 0.25) is 0 Å². The number of fused-ring (bicyclic) bond motifs is 1. The van der Waals surface area contributed by atoms with Gasteiger partial charge >= 0.3 is 18.1 Å². The predicted molar refractivity (Wildman–Crippen MR) is 105 cm³/mol. The fourth-order valence-corrected chi connectivity index (χ4v) is 3.60. The van der Waals surface area contributed by atoms with E-state index >= 15 is 0 Å². The SMILES string of the molecule is O=C(NCC(c1ccc(F)cc1)N1CCOCC1)NC1(C(F)(F)F)Oc2ccccc2O1. The number of nitrogens with one attached hydrogen (secondary N) is 2. The number of hydrogen-bond acceptors (Lipinski definition) is 5. The minimum absolute atomic E-state index is 0.0294. The van der Waals surface area contributed by atoms with E-state index < -0.39 is 30.0 Å². The second kappa shape index (κ2) is 8.83. The van der Waals surface area contributed by atoms with Gasteiger partial charge in [0, 0.05) is 19.6 Å². The van der Waals surface area contributed by atoms with Gasteiger partial charge in [-0.05, 0) is 29.8 Å². The lowest BCUT2D eigenvalue weighted by Crippen LogP contribution is -2.66. The summed E-state index contributed by atoms with van der Waals surface area (Å²) in [6.07, 6.45) is -5.05. The molecule has 0 aromatic heterocycles. The molecule has 4 rings (SSSR count). The summed E-state index contributed by atoms with van der Waals surface area (Å²) < 4.78 is 70.0. The van der Waals surface area contributed by atoms with Gasteiger partial charge in [0.05, 0.1) is 19.3 Å². The van der Waals surface area contributed by atoms with E-state index in [1.165, 1.54) is 36.4 Å². The largest absolute Gasteiger partial charge is 0.492 e. The molecule has 0 spiro atoms. The van der Waals surface area contributed by atoms with Crippen molar-refractivity contribution in [3.8, 4) is 11.5 Å². The van der Waals surface area contributed by atoms with E-state index in [1.807, 2.05) is 4.90 Å². The molecule has 2 heterocycles. The Hall–Kier alpha value is -3.05. The molecule has 0 radical (unpaired) electrons. The summed E-state index contributed by atoms with van der Waals surface area (Å²) in [6.45, 7) is 2.03. The van der Waals surface area contributed by atoms with Crippen LogP contribution < -0.4 is 20.1 Å². The lowest BCUT2D eigenvalue weighted by atomic mass is 10.0. The molecule has 11 heteroatoms. The summed E-state index contributed by atoms with van der Waals surface area (Å²) in [5, 5.41) is 4.23. The fraction of sp³-hybridized carbons (Fsp3) is 0.381. The van der Waals surface area contributed by atoms with Crippen LogP contribution in [0.15, 0.2) is 48.5 Å². The van der Waals surface area contributed by atoms with Gasteiger partial charge in [-0.2, -0.15) is 13.2 Å². The van der Waals surface area contributed by atoms with Crippen molar-refractivity contribution < 1.29 is 36.6 Å². The van der Waals surface area contributed by atoms with Crippen molar-refractivity contribution in [2.75, 3.05) is 32.8 Å². The molecule has 1 unspecified atom stereocenters. The number of ether oxygens (including phenoxy) is 3. The Bertz CT molecular complexity index is 924. The van der Waals surface area contributed by atoms with Crippen molar-refractivity contribution in [3.63, 3.8) is 0 Å². The highest BCUT2D eigenvalue weighted by molar-refractivity contribution is 5.75. The number of para-hydroxylation sites is 2. The number of morpholine rings is 1. The molecule has 0 bridgehead atoms. The van der Waals surface area contributed by atoms with Gasteiger partial charge in [-0.15, -0.1) is 0 Å². The summed E-state index contributed by atoms with van der Waals surface area (Å²) in [4.78, 5) is 14.5. The van der Waals surface area contributed by atoms with Crippen LogP contribution in [0.1, 0.15) is 11.6 Å². The van der Waals surface area contributed by atoms with E-state index in [0.29, 0.717) is 31.9 Å². The average molecular weight is 455 g/mol. The van der Waals surface area contributed by atoms with Crippen molar-refractivity contribution in [1.29, 1.82) is 0 Å². The van der Waals surface area contributed by atoms with Crippen molar-refractivity contribution >= 4 is 6.03 Å². The monoisotopic (exact) mass is 455 g/mol. The molecule has 32 heavy (non-hydrogen) atoms. The molecule has 1 atom stereocenters. The molecule has 2 aromatic carbocycles. The molecule has 2 amide bonds. The van der Waals surface area contributed by atoms with Crippen molar-refractivity contribution in [1.82, 2.24) is 15.5 Å². The molecule has 2 aliphatic rings. The molecule has 2 aliphatic heterocycles. The summed E-state index contributed by atoms with van der Waals surface area (Å²) in [5.74, 6) is -4.03. The van der Waals surface area contributed by atoms with Crippen molar-refractivity contribution in [2.24, 2.45) is 0 Å². The van der Waals surface area contributed by atoms with Crippen LogP contribution >= 0.6 is 0 Å². The average Bonchev–Trinajstić information content (AvgIpc) is 3.15. The number of amides is 2. The number of alkyl halides is 3. The maximum atomic E-state index is 13.8. The molecular formula is C21H21F4N3O4. The quantitative estimate of drug-likeness (QED) is 0.678. The predicted octanol–water partition coefficient (Wildman–Crippen LogP) is 3.19. The molecule has 172 valence electrons. The summed E-state index contributed by atoms with van der Waals surface area (Å²) >= 11 is 0. The zero-order valence-corrected chi connectivity index (χ0v) is 16.8. The van der Waals surface area contributed by atoms with E-state index in [0.717, 1.165) is 0 Å². The van der Waals surface area contributed by atoms with Gasteiger partial charge in [-0.3, -0.25) is 10.2 Å². The van der Waals surface area contributed by atoms with Crippen LogP contribution in [0, 0.1) is 5.82 Å². The molecule has 0 aliphatic carbocycles. The summed E-state index contributed by atoms with van der Waals surface area (Å²) in [7, 11) is 0. The molecule has 0 saturated carbocycles. The number of benzene rings is 2. The van der Waals surface area contributed by atoms with E-state index in [9.17, 15) is 22.4 Å². The first kappa shape index (κ1) is 22.2. The molecule has 7 nitrogen and oxygen atoms in total. The number of hydrogen-bond donors (Lipinski definition) is 2. The topological polar surface area (TPSA) is 72.1 Å². The standard InChI is InChI=1S/C21H21F4N3O4/c22-15-7-5-14(6-8-15)16(28-9-11-30-12-10-28)13-26-19(29)27-21(20(23,24)25)31-17-3-1-2-4-18(17)32-21/h1-8,16H,9-13H2,(H2,26,27,29). The Kier molecular flexibility index (Phi) is 6.11. The first-order valence-electron chi connectivity index (χ1n) is 9.94. The van der Waals surface area contributed by atoms with Gasteiger partial charge in [0.25, 0.3) is 0 Å². The Morgan fingerprint density at radius 2 is 1.62 bits per heavy atom. The Labute approximate surface area is 181 Å². The minimum atomic E-state index is -5.05. The van der Waals surface area contributed by atoms with E-state index in [-0.39, 0.29) is 18.0 Å². The minimum Gasteiger partial charge on any atom is -0.424 e. The van der Waals surface area contributed by atoms with Gasteiger partial charge in [-0.1, -0.05) is 24.3 Å². The maximum absolute atomic E-state index is 13.8. The van der Waals surface area contributed by atoms with Gasteiger partial charge in [0.1, 0.15) is 5.82 Å². The summed E-state index contributed by atoms with van der Waals surface area (Å²) in [5.41, 5.74) is 0.708. The third-order valence-electron chi connectivity index (χ3n) is 5.21. The van der Waals surface area contributed by atoms with Crippen LogP contribution in [-0.4, -0.2) is 55.9 Å². The Balaban J connectivity index is 1.47. The first-order valence-corrected chi connectivity index (χ1v) is 9.94. The second-order valence-corrected chi connectivity index (χ2v) is 7.32. The maximum Gasteiger partial charge on any atom is 0.492 e. The van der Waals surface area contributed by atoms with Crippen LogP contribution in [0.3, 0.4) is 0 Å². The Morgan fingerprint density at radius 1 is 1.03 bits per heavy atom. The molecular weight excluding hydrogens is 434 g/mol. The number of carbonyl (C=O) groups excluding carboxylic acids is 1. The van der Waals surface area contributed by atoms with Crippen LogP contribution in [0.2, 0.25) is 0 Å². The highest BCUT2D eigenvalue weighted by Gasteiger charge is 2.65. The van der Waals surface area contributed by atoms with E-state index in [1.54, 1.807) is 17.4 Å². The first-order chi connectivity index (χ1) is 15.3. The molecule has 1 fully saturated rings. The highest BCUT2D eigenvalue weighted by atomic mass is 19.4. The zero-order valence-electron chi connectivity index (χ0n) is 16.8. The van der Waals surface area contributed by atoms with Crippen molar-refractivity contribution in [3.05, 3.63) is 59.9 Å². The number of nitrogens with zero attached hydrogens (tertiary/aromatic N) is 1. The smallest absolute Gasteiger partial charge is 0.424 e. The zero-order chi connectivity index (χ0) is 22.8. The van der Waals surface area contributed by atoms with Crippen LogP contribution in [-0.2, 0) is 4.74 Å². The summed E-state index contributed by atoms with van der Waals surface area (Å²) in [6, 6.07) is 9.81. The number of urea groups is 1. The normalized spacial score (nSPS) is 18.8. The lowest BCUT2D eigenvalue weighted by Gasteiger charge is -2.35. The van der Waals surface area contributed by atoms with Crippen LogP contribution in [0.25, 0.3) is 0 Å². The van der Waals surface area contributed by atoms with Gasteiger partial charge in [0.15, 0.2) is 11.5 Å². The van der Waals surface area contributed by atoms with Crippen LogP contribution in [0.5, 0.6) is 11.5 Å². The number of carbonyl (C=O) groups is 1. The third-order valence-corrected chi connectivity index (χ3v) is 5.21. The molecule has 2 N–H and O–H groups in total. The lowest BCUT2D eigenvalue weighted by molar-refractivity contribution is -0.317. The van der Waals surface area contributed by atoms with Crippen molar-refractivity contribution in [2.45, 2.75) is 18.1 Å².